The van der Waals surface area contributed by atoms with Gasteiger partial charge in [-0.1, -0.05) is 6.07 Å². The number of rotatable bonds is 1. The summed E-state index contributed by atoms with van der Waals surface area (Å²) in [6, 6.07) is 6.37. The summed E-state index contributed by atoms with van der Waals surface area (Å²) >= 11 is 0. The van der Waals surface area contributed by atoms with Crippen molar-refractivity contribution >= 4 is 5.65 Å². The quantitative estimate of drug-likeness (QED) is 0.762. The maximum atomic E-state index is 4.32. The van der Waals surface area contributed by atoms with Gasteiger partial charge in [0.25, 0.3) is 0 Å². The molecule has 0 unspecified atom stereocenters. The van der Waals surface area contributed by atoms with E-state index in [-0.39, 0.29) is 0 Å². The average molecular weight is 201 g/mol. The molecule has 2 aromatic heterocycles. The molecule has 1 fully saturated rings. The van der Waals surface area contributed by atoms with Crippen LogP contribution in [0.1, 0.15) is 24.5 Å². The van der Waals surface area contributed by atoms with Gasteiger partial charge < -0.3 is 9.72 Å². The molecule has 0 spiro atoms. The van der Waals surface area contributed by atoms with Crippen LogP contribution in [-0.2, 0) is 0 Å². The van der Waals surface area contributed by atoms with Crippen LogP contribution in [0.4, 0.5) is 0 Å². The molecule has 3 nitrogen and oxygen atoms in total. The second-order valence-electron chi connectivity index (χ2n) is 4.15. The Morgan fingerprint density at radius 1 is 1.40 bits per heavy atom. The van der Waals surface area contributed by atoms with Crippen LogP contribution in [0.3, 0.4) is 0 Å². The Balaban J connectivity index is 2.05. The summed E-state index contributed by atoms with van der Waals surface area (Å²) < 4.78 is 2.21. The van der Waals surface area contributed by atoms with Crippen molar-refractivity contribution < 1.29 is 0 Å². The summed E-state index contributed by atoms with van der Waals surface area (Å²) in [6.07, 6.45) is 6.48. The number of fused-ring (bicyclic) bond motifs is 1. The molecule has 1 aliphatic heterocycles. The van der Waals surface area contributed by atoms with Crippen LogP contribution in [-0.4, -0.2) is 22.5 Å². The van der Waals surface area contributed by atoms with Crippen molar-refractivity contribution in [2.24, 2.45) is 0 Å². The Bertz CT molecular complexity index is 455. The molecule has 3 heteroatoms. The SMILES string of the molecule is c1cc([C@@H]2CCCNC2)n2ccnc2c1. The zero-order chi connectivity index (χ0) is 10.1. The summed E-state index contributed by atoms with van der Waals surface area (Å²) in [5.74, 6) is 0.636. The number of hydrogen-bond donors (Lipinski definition) is 1. The summed E-state index contributed by atoms with van der Waals surface area (Å²) in [5, 5.41) is 3.46. The van der Waals surface area contributed by atoms with Gasteiger partial charge in [-0.2, -0.15) is 0 Å². The van der Waals surface area contributed by atoms with Gasteiger partial charge in [-0.3, -0.25) is 0 Å². The highest BCUT2D eigenvalue weighted by Crippen LogP contribution is 2.23. The Hall–Kier alpha value is -1.35. The van der Waals surface area contributed by atoms with Crippen LogP contribution >= 0.6 is 0 Å². The highest BCUT2D eigenvalue weighted by molar-refractivity contribution is 5.40. The van der Waals surface area contributed by atoms with E-state index in [1.165, 1.54) is 18.5 Å². The Kier molecular flexibility index (Phi) is 2.18. The lowest BCUT2D eigenvalue weighted by Gasteiger charge is -2.23. The van der Waals surface area contributed by atoms with Crippen LogP contribution < -0.4 is 5.32 Å². The first-order valence-electron chi connectivity index (χ1n) is 5.58. The summed E-state index contributed by atoms with van der Waals surface area (Å²) in [4.78, 5) is 4.32. The van der Waals surface area contributed by atoms with E-state index in [0.717, 1.165) is 18.7 Å². The van der Waals surface area contributed by atoms with E-state index in [2.05, 4.69) is 39.1 Å². The molecule has 3 rings (SSSR count). The minimum Gasteiger partial charge on any atom is -0.316 e. The smallest absolute Gasteiger partial charge is 0.136 e. The van der Waals surface area contributed by atoms with Crippen molar-refractivity contribution in [2.45, 2.75) is 18.8 Å². The van der Waals surface area contributed by atoms with Gasteiger partial charge in [0.2, 0.25) is 0 Å². The Morgan fingerprint density at radius 3 is 3.27 bits per heavy atom. The fourth-order valence-electron chi connectivity index (χ4n) is 2.41. The number of pyridine rings is 1. The number of hydrogen-bond acceptors (Lipinski definition) is 2. The van der Waals surface area contributed by atoms with Gasteiger partial charge in [-0.05, 0) is 31.5 Å². The molecule has 1 N–H and O–H groups in total. The van der Waals surface area contributed by atoms with Gasteiger partial charge >= 0.3 is 0 Å². The topological polar surface area (TPSA) is 29.3 Å². The number of piperidine rings is 1. The molecule has 1 atom stereocenters. The molecule has 3 heterocycles. The molecule has 0 saturated carbocycles. The van der Waals surface area contributed by atoms with E-state index in [1.807, 2.05) is 6.20 Å². The van der Waals surface area contributed by atoms with Crippen LogP contribution in [0.25, 0.3) is 5.65 Å². The van der Waals surface area contributed by atoms with Crippen molar-refractivity contribution in [3.8, 4) is 0 Å². The molecule has 15 heavy (non-hydrogen) atoms. The molecule has 1 saturated heterocycles. The van der Waals surface area contributed by atoms with Gasteiger partial charge in [-0.25, -0.2) is 4.98 Å². The molecular formula is C12H15N3. The summed E-state index contributed by atoms with van der Waals surface area (Å²) in [6.45, 7) is 2.26. The molecular weight excluding hydrogens is 186 g/mol. The van der Waals surface area contributed by atoms with Gasteiger partial charge in [0.15, 0.2) is 0 Å². The second-order valence-corrected chi connectivity index (χ2v) is 4.15. The Labute approximate surface area is 89.1 Å². The van der Waals surface area contributed by atoms with E-state index in [1.54, 1.807) is 0 Å². The van der Waals surface area contributed by atoms with Crippen molar-refractivity contribution in [2.75, 3.05) is 13.1 Å². The lowest BCUT2D eigenvalue weighted by atomic mass is 9.95. The summed E-state index contributed by atoms with van der Waals surface area (Å²) in [7, 11) is 0. The van der Waals surface area contributed by atoms with Gasteiger partial charge in [0.1, 0.15) is 5.65 Å². The minimum absolute atomic E-state index is 0.636. The fourth-order valence-corrected chi connectivity index (χ4v) is 2.41. The Morgan fingerprint density at radius 2 is 2.40 bits per heavy atom. The predicted octanol–water partition coefficient (Wildman–Crippen LogP) is 1.80. The molecule has 0 radical (unpaired) electrons. The maximum Gasteiger partial charge on any atom is 0.136 e. The lowest BCUT2D eigenvalue weighted by molar-refractivity contribution is 0.452. The number of aromatic nitrogens is 2. The van der Waals surface area contributed by atoms with Crippen molar-refractivity contribution in [1.82, 2.24) is 14.7 Å². The standard InChI is InChI=1S/C12H15N3/c1-4-11(10-3-2-6-13-9-10)15-8-7-14-12(15)5-1/h1,4-5,7-8,10,13H,2-3,6,9H2/t10-/m1/s1. The first-order chi connectivity index (χ1) is 7.45. The van der Waals surface area contributed by atoms with Gasteiger partial charge in [0.05, 0.1) is 0 Å². The molecule has 0 aromatic carbocycles. The predicted molar refractivity (Wildman–Crippen MR) is 60.0 cm³/mol. The number of nitrogens with one attached hydrogen (secondary N) is 1. The molecule has 2 aromatic rings. The van der Waals surface area contributed by atoms with Crippen LogP contribution in [0.15, 0.2) is 30.6 Å². The second kappa shape index (κ2) is 3.66. The third-order valence-electron chi connectivity index (χ3n) is 3.17. The number of nitrogens with zero attached hydrogens (tertiary/aromatic N) is 2. The summed E-state index contributed by atoms with van der Waals surface area (Å²) in [5.41, 5.74) is 2.44. The van der Waals surface area contributed by atoms with Crippen LogP contribution in [0, 0.1) is 0 Å². The molecule has 0 bridgehead atoms. The van der Waals surface area contributed by atoms with E-state index in [4.69, 9.17) is 0 Å². The lowest BCUT2D eigenvalue weighted by Crippen LogP contribution is -2.29. The molecule has 1 aliphatic rings. The highest BCUT2D eigenvalue weighted by Gasteiger charge is 2.17. The van der Waals surface area contributed by atoms with Crippen molar-refractivity contribution in [3.63, 3.8) is 0 Å². The van der Waals surface area contributed by atoms with E-state index >= 15 is 0 Å². The normalized spacial score (nSPS) is 22.0. The monoisotopic (exact) mass is 201 g/mol. The van der Waals surface area contributed by atoms with Crippen LogP contribution in [0.5, 0.6) is 0 Å². The maximum absolute atomic E-state index is 4.32. The van der Waals surface area contributed by atoms with Crippen molar-refractivity contribution in [3.05, 3.63) is 36.3 Å². The zero-order valence-corrected chi connectivity index (χ0v) is 8.69. The van der Waals surface area contributed by atoms with E-state index < -0.39 is 0 Å². The fraction of sp³-hybridized carbons (Fsp3) is 0.417. The largest absolute Gasteiger partial charge is 0.316 e. The molecule has 78 valence electrons. The third-order valence-corrected chi connectivity index (χ3v) is 3.17. The number of imidazole rings is 1. The zero-order valence-electron chi connectivity index (χ0n) is 8.69. The minimum atomic E-state index is 0.636. The first-order valence-corrected chi connectivity index (χ1v) is 5.58. The first kappa shape index (κ1) is 8.92. The third kappa shape index (κ3) is 1.53. The average Bonchev–Trinajstić information content (AvgIpc) is 2.78. The molecule has 0 amide bonds. The van der Waals surface area contributed by atoms with Crippen molar-refractivity contribution in [1.29, 1.82) is 0 Å². The highest BCUT2D eigenvalue weighted by atomic mass is 15.0. The van der Waals surface area contributed by atoms with E-state index in [0.29, 0.717) is 5.92 Å². The van der Waals surface area contributed by atoms with E-state index in [9.17, 15) is 0 Å². The molecule has 0 aliphatic carbocycles. The van der Waals surface area contributed by atoms with Crippen LogP contribution in [0.2, 0.25) is 0 Å². The van der Waals surface area contributed by atoms with Gasteiger partial charge in [-0.15, -0.1) is 0 Å². The van der Waals surface area contributed by atoms with Gasteiger partial charge in [0, 0.05) is 30.6 Å².